The summed E-state index contributed by atoms with van der Waals surface area (Å²) in [5.74, 6) is 0.395. The van der Waals surface area contributed by atoms with Gasteiger partial charge in [-0.2, -0.15) is 8.42 Å². The van der Waals surface area contributed by atoms with Crippen molar-refractivity contribution in [3.63, 3.8) is 0 Å². The van der Waals surface area contributed by atoms with Crippen molar-refractivity contribution in [1.29, 1.82) is 0 Å². The van der Waals surface area contributed by atoms with Crippen molar-refractivity contribution in [1.82, 2.24) is 0 Å². The van der Waals surface area contributed by atoms with E-state index in [1.165, 1.54) is 0 Å². The van der Waals surface area contributed by atoms with Gasteiger partial charge in [0, 0.05) is 5.75 Å². The number of hydrogen-bond acceptors (Lipinski definition) is 5. The molecule has 0 rings (SSSR count). The van der Waals surface area contributed by atoms with Crippen LogP contribution in [0.1, 0.15) is 13.3 Å². The van der Waals surface area contributed by atoms with Crippen LogP contribution >= 0.6 is 0 Å². The van der Waals surface area contributed by atoms with Crippen molar-refractivity contribution in [2.24, 2.45) is 0 Å². The summed E-state index contributed by atoms with van der Waals surface area (Å²) in [7, 11) is -4.41. The van der Waals surface area contributed by atoms with Gasteiger partial charge in [-0.15, -0.1) is 0 Å². The highest BCUT2D eigenvalue weighted by atomic mass is 32.3. The molecule has 0 aromatic carbocycles. The second kappa shape index (κ2) is 6.44. The highest BCUT2D eigenvalue weighted by Gasteiger charge is 2.04. The van der Waals surface area contributed by atoms with Gasteiger partial charge in [-0.05, 0) is 6.42 Å². The quantitative estimate of drug-likeness (QED) is 0.487. The van der Waals surface area contributed by atoms with Gasteiger partial charge in [0.05, 0.1) is 13.2 Å². The highest BCUT2D eigenvalue weighted by molar-refractivity contribution is 7.81. The minimum Gasteiger partial charge on any atom is -0.288 e. The van der Waals surface area contributed by atoms with Gasteiger partial charge in [0.1, 0.15) is 0 Å². The van der Waals surface area contributed by atoms with Crippen LogP contribution < -0.4 is 0 Å². The zero-order chi connectivity index (χ0) is 10.3. The van der Waals surface area contributed by atoms with Crippen molar-refractivity contribution in [2.75, 3.05) is 19.0 Å². The third kappa shape index (κ3) is 9.90. The van der Waals surface area contributed by atoms with Crippen molar-refractivity contribution < 1.29 is 25.5 Å². The molecule has 8 heteroatoms. The number of hydrogen-bond donors (Lipinski definition) is 1. The van der Waals surface area contributed by atoms with Crippen LogP contribution in [0, 0.1) is 0 Å². The second-order valence-corrected chi connectivity index (χ2v) is 4.42. The van der Waals surface area contributed by atoms with Crippen LogP contribution in [0.15, 0.2) is 0 Å². The van der Waals surface area contributed by atoms with E-state index in [0.717, 1.165) is 0 Å². The Bertz CT molecular complexity index is 246. The first-order valence-electron chi connectivity index (χ1n) is 3.59. The van der Waals surface area contributed by atoms with Crippen LogP contribution in [0.5, 0.6) is 0 Å². The van der Waals surface area contributed by atoms with Crippen molar-refractivity contribution >= 4 is 21.5 Å². The Hall–Kier alpha value is -0.0200. The Morgan fingerprint density at radius 3 is 2.46 bits per heavy atom. The lowest BCUT2D eigenvalue weighted by Gasteiger charge is -2.01. The third-order valence-corrected chi connectivity index (χ3v) is 2.54. The lowest BCUT2D eigenvalue weighted by atomic mass is 10.6. The van der Waals surface area contributed by atoms with Gasteiger partial charge in [0.2, 0.25) is 0 Å². The van der Waals surface area contributed by atoms with E-state index in [-0.39, 0.29) is 13.2 Å². The van der Waals surface area contributed by atoms with E-state index in [2.05, 4.69) is 8.37 Å². The van der Waals surface area contributed by atoms with Crippen LogP contribution in [0.4, 0.5) is 0 Å². The smallest absolute Gasteiger partial charge is 0.288 e. The molecule has 0 aromatic rings. The summed E-state index contributed by atoms with van der Waals surface area (Å²) in [4.78, 5) is 0. The molecule has 0 saturated heterocycles. The van der Waals surface area contributed by atoms with Crippen molar-refractivity contribution in [2.45, 2.75) is 13.3 Å². The molecule has 0 radical (unpaired) electrons. The Labute approximate surface area is 79.8 Å². The zero-order valence-corrected chi connectivity index (χ0v) is 8.77. The summed E-state index contributed by atoms with van der Waals surface area (Å²) in [6.45, 7) is 1.37. The SMILES string of the molecule is CCCS(=O)OCCOS(=O)(=O)O. The van der Waals surface area contributed by atoms with Gasteiger partial charge in [-0.3, -0.25) is 8.74 Å². The first kappa shape index (κ1) is 13.0. The molecule has 0 saturated carbocycles. The molecule has 0 bridgehead atoms. The molecule has 0 fully saturated rings. The lowest BCUT2D eigenvalue weighted by molar-refractivity contribution is 0.212. The standard InChI is InChI=1S/C5H12O6S2/c1-2-5-12(6)10-3-4-11-13(7,8)9/h2-5H2,1H3,(H,7,8,9). The summed E-state index contributed by atoms with van der Waals surface area (Å²) >= 11 is -1.40. The average Bonchev–Trinajstić information content (AvgIpc) is 1.97. The lowest BCUT2D eigenvalue weighted by Crippen LogP contribution is -2.12. The molecule has 0 spiro atoms. The van der Waals surface area contributed by atoms with E-state index in [1.807, 2.05) is 6.92 Å². The van der Waals surface area contributed by atoms with Crippen LogP contribution in [0.3, 0.4) is 0 Å². The van der Waals surface area contributed by atoms with E-state index >= 15 is 0 Å². The molecule has 1 unspecified atom stereocenters. The molecule has 0 heterocycles. The molecule has 6 nitrogen and oxygen atoms in total. The molecule has 0 aromatic heterocycles. The van der Waals surface area contributed by atoms with Gasteiger partial charge >= 0.3 is 10.4 Å². The first-order chi connectivity index (χ1) is 5.95. The summed E-state index contributed by atoms with van der Waals surface area (Å²) in [6.07, 6.45) is 0.714. The fraction of sp³-hybridized carbons (Fsp3) is 1.00. The molecule has 0 aliphatic rings. The van der Waals surface area contributed by atoms with E-state index in [9.17, 15) is 12.6 Å². The molecular formula is C5H12O6S2. The van der Waals surface area contributed by atoms with Gasteiger partial charge in [-0.1, -0.05) is 6.92 Å². The molecule has 13 heavy (non-hydrogen) atoms. The summed E-state index contributed by atoms with van der Waals surface area (Å²) < 4.78 is 47.5. The summed E-state index contributed by atoms with van der Waals surface area (Å²) in [5, 5.41) is 0. The Balaban J connectivity index is 3.41. The minimum absolute atomic E-state index is 0.133. The van der Waals surface area contributed by atoms with Crippen molar-refractivity contribution in [3.8, 4) is 0 Å². The normalized spacial score (nSPS) is 14.3. The molecular weight excluding hydrogens is 220 g/mol. The highest BCUT2D eigenvalue weighted by Crippen LogP contribution is 1.91. The van der Waals surface area contributed by atoms with Crippen LogP contribution in [-0.4, -0.2) is 36.1 Å². The Kier molecular flexibility index (Phi) is 6.43. The van der Waals surface area contributed by atoms with Crippen LogP contribution in [-0.2, 0) is 29.8 Å². The van der Waals surface area contributed by atoms with Gasteiger partial charge < -0.3 is 0 Å². The van der Waals surface area contributed by atoms with Gasteiger partial charge in [0.25, 0.3) is 0 Å². The molecule has 0 amide bonds. The first-order valence-corrected chi connectivity index (χ1v) is 6.20. The molecule has 1 atom stereocenters. The molecule has 0 aliphatic carbocycles. The maximum atomic E-state index is 10.8. The van der Waals surface area contributed by atoms with Crippen LogP contribution in [0.25, 0.3) is 0 Å². The largest absolute Gasteiger partial charge is 0.397 e. The fourth-order valence-corrected chi connectivity index (χ4v) is 1.48. The maximum absolute atomic E-state index is 10.8. The van der Waals surface area contributed by atoms with Gasteiger partial charge in [0.15, 0.2) is 11.1 Å². The molecule has 80 valence electrons. The summed E-state index contributed by atoms with van der Waals surface area (Å²) in [5.41, 5.74) is 0. The predicted molar refractivity (Wildman–Crippen MR) is 46.8 cm³/mol. The number of rotatable bonds is 7. The van der Waals surface area contributed by atoms with E-state index < -0.39 is 21.5 Å². The van der Waals surface area contributed by atoms with Crippen molar-refractivity contribution in [3.05, 3.63) is 0 Å². The topological polar surface area (TPSA) is 89.9 Å². The van der Waals surface area contributed by atoms with E-state index in [1.54, 1.807) is 0 Å². The summed E-state index contributed by atoms with van der Waals surface area (Å²) in [6, 6.07) is 0. The molecule has 0 aliphatic heterocycles. The zero-order valence-electron chi connectivity index (χ0n) is 7.13. The Morgan fingerprint density at radius 1 is 1.38 bits per heavy atom. The fourth-order valence-electron chi connectivity index (χ4n) is 0.492. The van der Waals surface area contributed by atoms with E-state index in [4.69, 9.17) is 4.55 Å². The van der Waals surface area contributed by atoms with Gasteiger partial charge in [-0.25, -0.2) is 8.39 Å². The Morgan fingerprint density at radius 2 is 2.00 bits per heavy atom. The maximum Gasteiger partial charge on any atom is 0.397 e. The predicted octanol–water partition coefficient (Wildman–Crippen LogP) is -0.104. The van der Waals surface area contributed by atoms with Crippen LogP contribution in [0.2, 0.25) is 0 Å². The average molecular weight is 232 g/mol. The third-order valence-electron chi connectivity index (χ3n) is 0.901. The minimum atomic E-state index is -4.41. The second-order valence-electron chi connectivity index (χ2n) is 2.08. The monoisotopic (exact) mass is 232 g/mol. The molecule has 1 N–H and O–H groups in total. The van der Waals surface area contributed by atoms with E-state index in [0.29, 0.717) is 12.2 Å².